The van der Waals surface area contributed by atoms with Crippen molar-refractivity contribution in [3.63, 3.8) is 0 Å². The smallest absolute Gasteiger partial charge is 0.154 e. The van der Waals surface area contributed by atoms with Crippen LogP contribution in [0.25, 0.3) is 0 Å². The zero-order valence-corrected chi connectivity index (χ0v) is 8.91. The zero-order valence-electron chi connectivity index (χ0n) is 6.56. The molecule has 1 aromatic rings. The first-order chi connectivity index (χ1) is 5.66. The minimum absolute atomic E-state index is 0.401. The van der Waals surface area contributed by atoms with Crippen LogP contribution in [0, 0.1) is 0 Å². The Hall–Kier alpha value is -0.480. The van der Waals surface area contributed by atoms with Gasteiger partial charge in [-0.3, -0.25) is 0 Å². The third-order valence-corrected chi connectivity index (χ3v) is 2.30. The summed E-state index contributed by atoms with van der Waals surface area (Å²) in [5.41, 5.74) is 7.02. The fraction of sp³-hybridized carbons (Fsp3) is 0.286. The second-order valence-corrected chi connectivity index (χ2v) is 3.43. The molecule has 0 aliphatic carbocycles. The lowest BCUT2D eigenvalue weighted by Gasteiger charge is -2.09. The van der Waals surface area contributed by atoms with Crippen LogP contribution >= 0.6 is 27.5 Å². The number of anilines is 2. The van der Waals surface area contributed by atoms with E-state index in [-0.39, 0.29) is 0 Å². The van der Waals surface area contributed by atoms with E-state index in [1.807, 2.05) is 6.92 Å². The third kappa shape index (κ3) is 1.81. The minimum Gasteiger partial charge on any atom is -0.396 e. The average Bonchev–Trinajstić information content (AvgIpc) is 2.06. The Balaban J connectivity index is 3.14. The molecule has 0 aliphatic heterocycles. The Kier molecular flexibility index (Phi) is 3.17. The summed E-state index contributed by atoms with van der Waals surface area (Å²) in [5, 5.41) is 3.44. The number of nitrogens with one attached hydrogen (secondary N) is 1. The molecule has 66 valence electrons. The molecular formula is C7H9BrClN3. The Morgan fingerprint density at radius 2 is 2.42 bits per heavy atom. The predicted molar refractivity (Wildman–Crippen MR) is 55.5 cm³/mol. The molecule has 0 unspecified atom stereocenters. The monoisotopic (exact) mass is 249 g/mol. The predicted octanol–water partition coefficient (Wildman–Crippen LogP) is 2.51. The van der Waals surface area contributed by atoms with Crippen LogP contribution in [0.2, 0.25) is 5.15 Å². The molecular weight excluding hydrogens is 241 g/mol. The lowest BCUT2D eigenvalue weighted by Crippen LogP contribution is -2.03. The van der Waals surface area contributed by atoms with Crippen LogP contribution in [-0.2, 0) is 0 Å². The maximum absolute atomic E-state index is 5.81. The van der Waals surface area contributed by atoms with Crippen LogP contribution in [-0.4, -0.2) is 11.5 Å². The number of nitrogen functional groups attached to an aromatic ring is 1. The van der Waals surface area contributed by atoms with Crippen molar-refractivity contribution in [3.8, 4) is 0 Å². The number of rotatable bonds is 2. The van der Waals surface area contributed by atoms with Gasteiger partial charge in [-0.25, -0.2) is 4.98 Å². The summed E-state index contributed by atoms with van der Waals surface area (Å²) >= 11 is 9.07. The molecule has 0 aliphatic rings. The average molecular weight is 251 g/mol. The molecule has 1 rings (SSSR count). The van der Waals surface area contributed by atoms with Gasteiger partial charge in [0.15, 0.2) is 5.15 Å². The highest BCUT2D eigenvalue weighted by Gasteiger charge is 2.07. The summed E-state index contributed by atoms with van der Waals surface area (Å²) in [7, 11) is 0. The highest BCUT2D eigenvalue weighted by molar-refractivity contribution is 9.10. The number of aromatic nitrogens is 1. The first kappa shape index (κ1) is 9.61. The number of nitrogens with zero attached hydrogens (tertiary/aromatic N) is 1. The molecule has 0 atom stereocenters. The van der Waals surface area contributed by atoms with Crippen LogP contribution in [0.3, 0.4) is 0 Å². The fourth-order valence-corrected chi connectivity index (χ4v) is 1.34. The zero-order chi connectivity index (χ0) is 9.14. The highest BCUT2D eigenvalue weighted by Crippen LogP contribution is 2.31. The van der Waals surface area contributed by atoms with Crippen LogP contribution in [0.5, 0.6) is 0 Å². The maximum atomic E-state index is 5.81. The molecule has 1 heterocycles. The molecule has 5 heteroatoms. The van der Waals surface area contributed by atoms with E-state index in [2.05, 4.69) is 26.2 Å². The lowest BCUT2D eigenvalue weighted by atomic mass is 10.3. The van der Waals surface area contributed by atoms with Crippen LogP contribution in [0.15, 0.2) is 10.7 Å². The molecule has 3 N–H and O–H groups in total. The Morgan fingerprint density at radius 1 is 1.75 bits per heavy atom. The van der Waals surface area contributed by atoms with E-state index < -0.39 is 0 Å². The fourth-order valence-electron chi connectivity index (χ4n) is 0.823. The second-order valence-electron chi connectivity index (χ2n) is 2.22. The topological polar surface area (TPSA) is 50.9 Å². The van der Waals surface area contributed by atoms with Gasteiger partial charge in [0.25, 0.3) is 0 Å². The summed E-state index contributed by atoms with van der Waals surface area (Å²) in [6.07, 6.45) is 1.58. The van der Waals surface area contributed by atoms with Crippen LogP contribution in [0.4, 0.5) is 11.4 Å². The number of pyridine rings is 1. The van der Waals surface area contributed by atoms with Gasteiger partial charge in [0.1, 0.15) is 0 Å². The second kappa shape index (κ2) is 3.96. The molecule has 12 heavy (non-hydrogen) atoms. The SMILES string of the molecule is CCNc1c(Cl)ncc(Br)c1N. The summed E-state index contributed by atoms with van der Waals surface area (Å²) in [5.74, 6) is 0. The molecule has 0 bridgehead atoms. The van der Waals surface area contributed by atoms with Gasteiger partial charge in [-0.2, -0.15) is 0 Å². The largest absolute Gasteiger partial charge is 0.396 e. The first-order valence-electron chi connectivity index (χ1n) is 3.50. The van der Waals surface area contributed by atoms with E-state index in [0.717, 1.165) is 11.0 Å². The number of nitrogens with two attached hydrogens (primary N) is 1. The maximum Gasteiger partial charge on any atom is 0.154 e. The van der Waals surface area contributed by atoms with Crippen molar-refractivity contribution in [2.24, 2.45) is 0 Å². The van der Waals surface area contributed by atoms with Crippen molar-refractivity contribution in [2.45, 2.75) is 6.92 Å². The normalized spacial score (nSPS) is 9.92. The van der Waals surface area contributed by atoms with Gasteiger partial charge < -0.3 is 11.1 Å². The molecule has 0 fully saturated rings. The standard InChI is InChI=1S/C7H9BrClN3/c1-2-11-6-5(10)4(8)3-12-7(6)9/h3,11H,2H2,1H3,(H2,10,12). The van der Waals surface area contributed by atoms with Crippen molar-refractivity contribution in [1.82, 2.24) is 4.98 Å². The van der Waals surface area contributed by atoms with Gasteiger partial charge in [0, 0.05) is 12.7 Å². The molecule has 1 aromatic heterocycles. The molecule has 0 aromatic carbocycles. The Morgan fingerprint density at radius 3 is 3.00 bits per heavy atom. The van der Waals surface area contributed by atoms with Gasteiger partial charge >= 0.3 is 0 Å². The van der Waals surface area contributed by atoms with Crippen molar-refractivity contribution < 1.29 is 0 Å². The molecule has 0 spiro atoms. The van der Waals surface area contributed by atoms with E-state index in [0.29, 0.717) is 16.5 Å². The van der Waals surface area contributed by atoms with Crippen LogP contribution < -0.4 is 11.1 Å². The van der Waals surface area contributed by atoms with Gasteiger partial charge in [0.2, 0.25) is 0 Å². The van der Waals surface area contributed by atoms with Crippen molar-refractivity contribution in [1.29, 1.82) is 0 Å². The summed E-state index contributed by atoms with van der Waals surface area (Å²) in [6.45, 7) is 2.73. The number of hydrogen-bond acceptors (Lipinski definition) is 3. The van der Waals surface area contributed by atoms with E-state index in [1.165, 1.54) is 0 Å². The van der Waals surface area contributed by atoms with Gasteiger partial charge in [-0.1, -0.05) is 11.6 Å². The Bertz CT molecular complexity index is 290. The number of halogens is 2. The molecule has 3 nitrogen and oxygen atoms in total. The summed E-state index contributed by atoms with van der Waals surface area (Å²) < 4.78 is 0.753. The van der Waals surface area contributed by atoms with Crippen molar-refractivity contribution in [2.75, 3.05) is 17.6 Å². The molecule has 0 radical (unpaired) electrons. The third-order valence-electron chi connectivity index (χ3n) is 1.38. The summed E-state index contributed by atoms with van der Waals surface area (Å²) in [4.78, 5) is 3.93. The van der Waals surface area contributed by atoms with Gasteiger partial charge in [-0.05, 0) is 22.9 Å². The first-order valence-corrected chi connectivity index (χ1v) is 4.67. The van der Waals surface area contributed by atoms with E-state index in [1.54, 1.807) is 6.20 Å². The van der Waals surface area contributed by atoms with Crippen LogP contribution in [0.1, 0.15) is 6.92 Å². The van der Waals surface area contributed by atoms with Crippen molar-refractivity contribution >= 4 is 38.9 Å². The minimum atomic E-state index is 0.401. The quantitative estimate of drug-likeness (QED) is 0.793. The number of hydrogen-bond donors (Lipinski definition) is 2. The molecule has 0 amide bonds. The van der Waals surface area contributed by atoms with E-state index >= 15 is 0 Å². The highest BCUT2D eigenvalue weighted by atomic mass is 79.9. The molecule has 0 saturated heterocycles. The van der Waals surface area contributed by atoms with Gasteiger partial charge in [0.05, 0.1) is 15.8 Å². The molecule has 0 saturated carbocycles. The lowest BCUT2D eigenvalue weighted by molar-refractivity contribution is 1.19. The van der Waals surface area contributed by atoms with Gasteiger partial charge in [-0.15, -0.1) is 0 Å². The van der Waals surface area contributed by atoms with Crippen molar-refractivity contribution in [3.05, 3.63) is 15.8 Å². The van der Waals surface area contributed by atoms with E-state index in [9.17, 15) is 0 Å². The van der Waals surface area contributed by atoms with E-state index in [4.69, 9.17) is 17.3 Å². The Labute approximate surface area is 84.4 Å². The summed E-state index contributed by atoms with van der Waals surface area (Å²) in [6, 6.07) is 0.